The van der Waals surface area contributed by atoms with Crippen molar-refractivity contribution in [1.82, 2.24) is 20.3 Å². The third-order valence-corrected chi connectivity index (χ3v) is 4.96. The van der Waals surface area contributed by atoms with Crippen LogP contribution in [0.25, 0.3) is 22.8 Å². The monoisotopic (exact) mass is 410 g/mol. The summed E-state index contributed by atoms with van der Waals surface area (Å²) < 4.78 is 21.6. The van der Waals surface area contributed by atoms with Crippen LogP contribution in [0.4, 0.5) is 0 Å². The minimum Gasteiger partial charge on any atom is -0.493 e. The number of ether oxygens (including phenoxy) is 2. The highest BCUT2D eigenvalue weighted by Crippen LogP contribution is 2.32. The molecule has 2 aromatic heterocycles. The van der Waals surface area contributed by atoms with Gasteiger partial charge in [-0.3, -0.25) is 0 Å². The first-order valence-corrected chi connectivity index (χ1v) is 9.94. The average molecular weight is 410 g/mol. The quantitative estimate of drug-likeness (QED) is 0.417. The van der Waals surface area contributed by atoms with Crippen LogP contribution in [-0.2, 0) is 6.42 Å². The number of aromatic nitrogens is 4. The van der Waals surface area contributed by atoms with Gasteiger partial charge in [0.25, 0.3) is 0 Å². The molecule has 0 bridgehead atoms. The molecule has 0 aliphatic rings. The Morgan fingerprint density at radius 1 is 0.897 bits per heavy atom. The summed E-state index contributed by atoms with van der Waals surface area (Å²) >= 11 is 1.68. The van der Waals surface area contributed by atoms with Gasteiger partial charge in [-0.2, -0.15) is 4.98 Å². The molecule has 148 valence electrons. The van der Waals surface area contributed by atoms with Crippen molar-refractivity contribution < 1.29 is 18.4 Å². The lowest BCUT2D eigenvalue weighted by atomic mass is 10.2. The molecule has 8 nitrogen and oxygen atoms in total. The zero-order chi connectivity index (χ0) is 20.2. The topological polar surface area (TPSA) is 96.3 Å². The number of hydrogen-bond acceptors (Lipinski definition) is 9. The maximum Gasteiger partial charge on any atom is 0.247 e. The van der Waals surface area contributed by atoms with Crippen molar-refractivity contribution in [2.24, 2.45) is 0 Å². The average Bonchev–Trinajstić information content (AvgIpc) is 3.43. The first kappa shape index (κ1) is 19.0. The van der Waals surface area contributed by atoms with E-state index in [1.54, 1.807) is 38.1 Å². The molecular formula is C20H18N4O4S. The number of nitrogens with zero attached hydrogens (tertiary/aromatic N) is 4. The third-order valence-electron chi connectivity index (χ3n) is 4.22. The van der Waals surface area contributed by atoms with Crippen molar-refractivity contribution in [3.8, 4) is 34.3 Å². The van der Waals surface area contributed by atoms with Gasteiger partial charge in [-0.25, -0.2) is 0 Å². The smallest absolute Gasteiger partial charge is 0.247 e. The Labute approximate surface area is 171 Å². The molecule has 0 saturated carbocycles. The van der Waals surface area contributed by atoms with Crippen molar-refractivity contribution in [3.63, 3.8) is 0 Å². The first-order valence-electron chi connectivity index (χ1n) is 8.72. The molecule has 29 heavy (non-hydrogen) atoms. The second-order valence-electron chi connectivity index (χ2n) is 5.99. The lowest BCUT2D eigenvalue weighted by molar-refractivity contribution is 0.355. The van der Waals surface area contributed by atoms with Crippen LogP contribution in [0.15, 0.2) is 56.3 Å². The van der Waals surface area contributed by atoms with E-state index in [0.717, 1.165) is 11.1 Å². The highest BCUT2D eigenvalue weighted by atomic mass is 32.2. The number of thioether (sulfide) groups is 1. The molecule has 0 aliphatic heterocycles. The largest absolute Gasteiger partial charge is 0.493 e. The molecular weight excluding hydrogens is 392 g/mol. The van der Waals surface area contributed by atoms with Gasteiger partial charge in [0.1, 0.15) is 6.42 Å². The lowest BCUT2D eigenvalue weighted by Gasteiger charge is -2.07. The number of benzene rings is 2. The highest BCUT2D eigenvalue weighted by molar-refractivity contribution is 7.98. The summed E-state index contributed by atoms with van der Waals surface area (Å²) in [5.74, 6) is 2.87. The Hall–Kier alpha value is -3.33. The minimum absolute atomic E-state index is 0.246. The van der Waals surface area contributed by atoms with E-state index < -0.39 is 0 Å². The minimum atomic E-state index is 0.246. The fourth-order valence-corrected chi connectivity index (χ4v) is 3.13. The summed E-state index contributed by atoms with van der Waals surface area (Å²) in [5, 5.41) is 12.2. The summed E-state index contributed by atoms with van der Waals surface area (Å²) in [7, 11) is 3.15. The molecule has 0 aliphatic carbocycles. The Bertz CT molecular complexity index is 1110. The van der Waals surface area contributed by atoms with E-state index in [-0.39, 0.29) is 6.42 Å². The van der Waals surface area contributed by atoms with Crippen molar-refractivity contribution in [1.29, 1.82) is 0 Å². The molecule has 2 aromatic carbocycles. The normalized spacial score (nSPS) is 10.9. The van der Waals surface area contributed by atoms with Crippen LogP contribution in [0.2, 0.25) is 0 Å². The molecule has 2 heterocycles. The number of methoxy groups -OCH3 is 2. The lowest BCUT2D eigenvalue weighted by Crippen LogP contribution is -1.90. The summed E-state index contributed by atoms with van der Waals surface area (Å²) in [6.07, 6.45) is 2.28. The predicted molar refractivity (Wildman–Crippen MR) is 107 cm³/mol. The Morgan fingerprint density at radius 3 is 2.38 bits per heavy atom. The van der Waals surface area contributed by atoms with Gasteiger partial charge in [0.15, 0.2) is 11.5 Å². The summed E-state index contributed by atoms with van der Waals surface area (Å²) in [6.45, 7) is 0. The second kappa shape index (κ2) is 8.36. The SMILES string of the molecule is COc1ccc(-c2nnc(Cc3nc(-c4ccc(SC)cc4)no3)o2)cc1OC. The van der Waals surface area contributed by atoms with E-state index in [2.05, 4.69) is 20.3 Å². The summed E-state index contributed by atoms with van der Waals surface area (Å²) in [6, 6.07) is 13.3. The van der Waals surface area contributed by atoms with Gasteiger partial charge >= 0.3 is 0 Å². The molecule has 0 spiro atoms. The van der Waals surface area contributed by atoms with E-state index >= 15 is 0 Å². The van der Waals surface area contributed by atoms with Gasteiger partial charge in [-0.1, -0.05) is 5.16 Å². The standard InChI is InChI=1S/C20H18N4O4S/c1-25-15-9-6-13(10-16(15)26-2)20-23-22-18(27-20)11-17-21-19(24-28-17)12-4-7-14(29-3)8-5-12/h4-10H,11H2,1-3H3. The molecule has 0 fully saturated rings. The van der Waals surface area contributed by atoms with Crippen molar-refractivity contribution >= 4 is 11.8 Å². The van der Waals surface area contributed by atoms with Crippen LogP contribution in [0.3, 0.4) is 0 Å². The molecule has 0 N–H and O–H groups in total. The van der Waals surface area contributed by atoms with Crippen LogP contribution >= 0.6 is 11.8 Å². The Kier molecular flexibility index (Phi) is 5.48. The molecule has 4 rings (SSSR count). The molecule has 0 unspecified atom stereocenters. The first-order chi connectivity index (χ1) is 14.2. The zero-order valence-electron chi connectivity index (χ0n) is 16.1. The maximum atomic E-state index is 5.74. The number of rotatable bonds is 7. The van der Waals surface area contributed by atoms with Crippen LogP contribution in [0.1, 0.15) is 11.8 Å². The van der Waals surface area contributed by atoms with Gasteiger partial charge < -0.3 is 18.4 Å². The van der Waals surface area contributed by atoms with Crippen LogP contribution in [-0.4, -0.2) is 40.8 Å². The van der Waals surface area contributed by atoms with E-state index in [9.17, 15) is 0 Å². The molecule has 0 saturated heterocycles. The fraction of sp³-hybridized carbons (Fsp3) is 0.200. The predicted octanol–water partition coefficient (Wildman–Crippen LogP) is 4.12. The summed E-state index contributed by atoms with van der Waals surface area (Å²) in [4.78, 5) is 5.59. The zero-order valence-corrected chi connectivity index (χ0v) is 16.9. The van der Waals surface area contributed by atoms with Gasteiger partial charge in [-0.05, 0) is 48.7 Å². The van der Waals surface area contributed by atoms with Gasteiger partial charge in [-0.15, -0.1) is 22.0 Å². The van der Waals surface area contributed by atoms with Crippen LogP contribution < -0.4 is 9.47 Å². The van der Waals surface area contributed by atoms with Gasteiger partial charge in [0.2, 0.25) is 23.5 Å². The molecule has 4 aromatic rings. The second-order valence-corrected chi connectivity index (χ2v) is 6.87. The number of hydrogen-bond donors (Lipinski definition) is 0. The van der Waals surface area contributed by atoms with E-state index in [1.807, 2.05) is 36.6 Å². The van der Waals surface area contributed by atoms with E-state index in [4.69, 9.17) is 18.4 Å². The Morgan fingerprint density at radius 2 is 1.66 bits per heavy atom. The van der Waals surface area contributed by atoms with Gasteiger partial charge in [0.05, 0.1) is 14.2 Å². The van der Waals surface area contributed by atoms with Gasteiger partial charge in [0, 0.05) is 16.0 Å². The van der Waals surface area contributed by atoms with Crippen molar-refractivity contribution in [2.45, 2.75) is 11.3 Å². The molecule has 0 amide bonds. The third kappa shape index (κ3) is 4.09. The fourth-order valence-electron chi connectivity index (χ4n) is 2.72. The van der Waals surface area contributed by atoms with Crippen LogP contribution in [0, 0.1) is 0 Å². The van der Waals surface area contributed by atoms with Crippen molar-refractivity contribution in [2.75, 3.05) is 20.5 Å². The van der Waals surface area contributed by atoms with E-state index in [0.29, 0.717) is 35.0 Å². The van der Waals surface area contributed by atoms with E-state index in [1.165, 1.54) is 4.90 Å². The van der Waals surface area contributed by atoms with Crippen LogP contribution in [0.5, 0.6) is 11.5 Å². The molecule has 9 heteroatoms. The summed E-state index contributed by atoms with van der Waals surface area (Å²) in [5.41, 5.74) is 1.61. The Balaban J connectivity index is 1.50. The maximum absolute atomic E-state index is 5.74. The molecule has 0 radical (unpaired) electrons. The molecule has 0 atom stereocenters. The van der Waals surface area contributed by atoms with Crippen molar-refractivity contribution in [3.05, 3.63) is 54.2 Å². The highest BCUT2D eigenvalue weighted by Gasteiger charge is 2.16.